The molecule has 0 radical (unpaired) electrons. The SMILES string of the molecule is Cc1ncccc1Oc1c(F)cc(C#N)cc1F. The fourth-order valence-corrected chi connectivity index (χ4v) is 1.41. The minimum absolute atomic E-state index is 0.0970. The third-order valence-electron chi connectivity index (χ3n) is 2.30. The Morgan fingerprint density at radius 2 is 1.94 bits per heavy atom. The summed E-state index contributed by atoms with van der Waals surface area (Å²) in [5.41, 5.74) is 0.418. The summed E-state index contributed by atoms with van der Waals surface area (Å²) >= 11 is 0. The fourth-order valence-electron chi connectivity index (χ4n) is 1.41. The number of aromatic nitrogens is 1. The lowest BCUT2D eigenvalue weighted by Gasteiger charge is -2.09. The van der Waals surface area contributed by atoms with Gasteiger partial charge in [0.1, 0.15) is 5.75 Å². The number of hydrogen-bond donors (Lipinski definition) is 0. The third kappa shape index (κ3) is 2.28. The molecule has 0 atom stereocenters. The Kier molecular flexibility index (Phi) is 3.20. The maximum atomic E-state index is 13.6. The van der Waals surface area contributed by atoms with E-state index in [4.69, 9.17) is 10.00 Å². The lowest BCUT2D eigenvalue weighted by molar-refractivity contribution is 0.403. The molecule has 1 heterocycles. The van der Waals surface area contributed by atoms with Crippen molar-refractivity contribution in [3.63, 3.8) is 0 Å². The lowest BCUT2D eigenvalue weighted by atomic mass is 10.2. The number of nitrogens with zero attached hydrogens (tertiary/aromatic N) is 2. The molecule has 0 saturated heterocycles. The standard InChI is InChI=1S/C13H8F2N2O/c1-8-12(3-2-4-17-8)18-13-10(14)5-9(7-16)6-11(13)15/h2-6H,1H3. The van der Waals surface area contributed by atoms with Gasteiger partial charge in [-0.2, -0.15) is 5.26 Å². The van der Waals surface area contributed by atoms with E-state index in [1.54, 1.807) is 31.3 Å². The normalized spacial score (nSPS) is 9.89. The van der Waals surface area contributed by atoms with Gasteiger partial charge >= 0.3 is 0 Å². The van der Waals surface area contributed by atoms with E-state index < -0.39 is 17.4 Å². The predicted octanol–water partition coefficient (Wildman–Crippen LogP) is 3.33. The zero-order valence-corrected chi connectivity index (χ0v) is 9.45. The lowest BCUT2D eigenvalue weighted by Crippen LogP contribution is -1.96. The predicted molar refractivity (Wildman–Crippen MR) is 60.1 cm³/mol. The van der Waals surface area contributed by atoms with Crippen LogP contribution in [0.25, 0.3) is 0 Å². The smallest absolute Gasteiger partial charge is 0.198 e. The number of benzene rings is 1. The molecule has 3 nitrogen and oxygen atoms in total. The second-order valence-corrected chi connectivity index (χ2v) is 3.57. The molecule has 0 unspecified atom stereocenters. The number of halogens is 2. The molecule has 2 aromatic rings. The summed E-state index contributed by atoms with van der Waals surface area (Å²) in [5.74, 6) is -2.12. The Bertz CT molecular complexity index is 612. The van der Waals surface area contributed by atoms with Crippen molar-refractivity contribution >= 4 is 0 Å². The second kappa shape index (κ2) is 4.80. The number of ether oxygens (including phenoxy) is 1. The van der Waals surface area contributed by atoms with Gasteiger partial charge in [0.2, 0.25) is 0 Å². The van der Waals surface area contributed by atoms with Crippen molar-refractivity contribution in [3.05, 3.63) is 53.4 Å². The quantitative estimate of drug-likeness (QED) is 0.816. The molecule has 18 heavy (non-hydrogen) atoms. The zero-order valence-electron chi connectivity index (χ0n) is 9.45. The summed E-state index contributed by atoms with van der Waals surface area (Å²) in [6, 6.07) is 6.66. The highest BCUT2D eigenvalue weighted by atomic mass is 19.1. The van der Waals surface area contributed by atoms with E-state index in [-0.39, 0.29) is 11.3 Å². The van der Waals surface area contributed by atoms with Gasteiger partial charge in [0, 0.05) is 6.20 Å². The highest BCUT2D eigenvalue weighted by Gasteiger charge is 2.14. The molecule has 0 bridgehead atoms. The van der Waals surface area contributed by atoms with Crippen LogP contribution in [0.2, 0.25) is 0 Å². The van der Waals surface area contributed by atoms with Gasteiger partial charge < -0.3 is 4.74 Å². The molecule has 0 aliphatic heterocycles. The highest BCUT2D eigenvalue weighted by molar-refractivity contribution is 5.40. The fraction of sp³-hybridized carbons (Fsp3) is 0.0769. The average Bonchev–Trinajstić information content (AvgIpc) is 2.35. The van der Waals surface area contributed by atoms with Crippen molar-refractivity contribution in [2.24, 2.45) is 0 Å². The Hall–Kier alpha value is -2.48. The van der Waals surface area contributed by atoms with E-state index in [1.165, 1.54) is 0 Å². The number of hydrogen-bond acceptors (Lipinski definition) is 3. The van der Waals surface area contributed by atoms with Crippen LogP contribution in [0.4, 0.5) is 8.78 Å². The van der Waals surface area contributed by atoms with Gasteiger partial charge in [0.25, 0.3) is 0 Å². The van der Waals surface area contributed by atoms with Crippen LogP contribution in [-0.2, 0) is 0 Å². The molecule has 1 aromatic heterocycles. The molecule has 0 amide bonds. The first kappa shape index (κ1) is 12.0. The van der Waals surface area contributed by atoms with Crippen molar-refractivity contribution < 1.29 is 13.5 Å². The molecule has 0 N–H and O–H groups in total. The summed E-state index contributed by atoms with van der Waals surface area (Å²) in [7, 11) is 0. The molecule has 0 aliphatic carbocycles. The van der Waals surface area contributed by atoms with Crippen LogP contribution in [0.5, 0.6) is 11.5 Å². The molecular formula is C13H8F2N2O. The van der Waals surface area contributed by atoms with E-state index in [1.807, 2.05) is 0 Å². The van der Waals surface area contributed by atoms with Crippen molar-refractivity contribution in [3.8, 4) is 17.6 Å². The summed E-state index contributed by atoms with van der Waals surface area (Å²) in [6.45, 7) is 1.66. The van der Waals surface area contributed by atoms with Gasteiger partial charge in [-0.1, -0.05) is 0 Å². The number of nitriles is 1. The Balaban J connectivity index is 2.42. The third-order valence-corrected chi connectivity index (χ3v) is 2.30. The van der Waals surface area contributed by atoms with Gasteiger partial charge in [0.05, 0.1) is 17.3 Å². The molecule has 0 saturated carbocycles. The molecule has 0 spiro atoms. The van der Waals surface area contributed by atoms with E-state index in [9.17, 15) is 8.78 Å². The van der Waals surface area contributed by atoms with Crippen molar-refractivity contribution in [1.82, 2.24) is 4.98 Å². The average molecular weight is 246 g/mol. The highest BCUT2D eigenvalue weighted by Crippen LogP contribution is 2.29. The van der Waals surface area contributed by atoms with Gasteiger partial charge in [-0.15, -0.1) is 0 Å². The number of rotatable bonds is 2. The number of pyridine rings is 1. The Morgan fingerprint density at radius 1 is 1.28 bits per heavy atom. The van der Waals surface area contributed by atoms with Crippen LogP contribution in [-0.4, -0.2) is 4.98 Å². The Labute approximate surface area is 102 Å². The van der Waals surface area contributed by atoms with Crippen LogP contribution in [0, 0.1) is 29.9 Å². The first-order valence-corrected chi connectivity index (χ1v) is 5.10. The summed E-state index contributed by atoms with van der Waals surface area (Å²) in [5, 5.41) is 8.58. The monoisotopic (exact) mass is 246 g/mol. The minimum Gasteiger partial charge on any atom is -0.449 e. The molecule has 5 heteroatoms. The molecule has 0 fully saturated rings. The summed E-state index contributed by atoms with van der Waals surface area (Å²) < 4.78 is 32.3. The van der Waals surface area contributed by atoms with Crippen LogP contribution in [0.3, 0.4) is 0 Å². The van der Waals surface area contributed by atoms with Crippen LogP contribution in [0.15, 0.2) is 30.5 Å². The second-order valence-electron chi connectivity index (χ2n) is 3.57. The van der Waals surface area contributed by atoms with E-state index in [0.29, 0.717) is 5.69 Å². The molecule has 1 aromatic carbocycles. The topological polar surface area (TPSA) is 45.9 Å². The first-order valence-electron chi connectivity index (χ1n) is 5.10. The molecule has 2 rings (SSSR count). The van der Waals surface area contributed by atoms with Crippen molar-refractivity contribution in [2.75, 3.05) is 0 Å². The minimum atomic E-state index is -0.921. The van der Waals surface area contributed by atoms with Gasteiger partial charge in [-0.05, 0) is 31.2 Å². The van der Waals surface area contributed by atoms with Crippen molar-refractivity contribution in [1.29, 1.82) is 5.26 Å². The maximum absolute atomic E-state index is 13.6. The molecule has 90 valence electrons. The summed E-state index contributed by atoms with van der Waals surface area (Å²) in [6.07, 6.45) is 1.55. The van der Waals surface area contributed by atoms with Gasteiger partial charge in [-0.25, -0.2) is 8.78 Å². The zero-order chi connectivity index (χ0) is 13.1. The molecule has 0 aliphatic rings. The van der Waals surface area contributed by atoms with Crippen LogP contribution in [0.1, 0.15) is 11.3 Å². The van der Waals surface area contributed by atoms with Gasteiger partial charge in [-0.3, -0.25) is 4.98 Å². The van der Waals surface area contributed by atoms with E-state index in [0.717, 1.165) is 12.1 Å². The van der Waals surface area contributed by atoms with Crippen molar-refractivity contribution in [2.45, 2.75) is 6.92 Å². The summed E-state index contributed by atoms with van der Waals surface area (Å²) in [4.78, 5) is 3.95. The molecular weight excluding hydrogens is 238 g/mol. The number of aryl methyl sites for hydroxylation is 1. The van der Waals surface area contributed by atoms with E-state index in [2.05, 4.69) is 4.98 Å². The van der Waals surface area contributed by atoms with E-state index >= 15 is 0 Å². The largest absolute Gasteiger partial charge is 0.449 e. The van der Waals surface area contributed by atoms with Gasteiger partial charge in [0.15, 0.2) is 17.4 Å². The van der Waals surface area contributed by atoms with Crippen LogP contribution >= 0.6 is 0 Å². The van der Waals surface area contributed by atoms with Crippen LogP contribution < -0.4 is 4.74 Å². The Morgan fingerprint density at radius 3 is 2.50 bits per heavy atom. The maximum Gasteiger partial charge on any atom is 0.198 e. The first-order chi connectivity index (χ1) is 8.61.